The summed E-state index contributed by atoms with van der Waals surface area (Å²) in [5, 5.41) is 0. The number of benzene rings is 2. The minimum absolute atomic E-state index is 0.0521. The van der Waals surface area contributed by atoms with Crippen LogP contribution in [0.25, 0.3) is 0 Å². The van der Waals surface area contributed by atoms with Crippen molar-refractivity contribution in [3.05, 3.63) is 64.9 Å². The zero-order chi connectivity index (χ0) is 23.0. The molecule has 1 unspecified atom stereocenters. The molecule has 0 saturated carbocycles. The number of alkyl halides is 3. The highest BCUT2D eigenvalue weighted by Crippen LogP contribution is 2.46. The summed E-state index contributed by atoms with van der Waals surface area (Å²) < 4.78 is 50.5. The van der Waals surface area contributed by atoms with Gasteiger partial charge in [-0.15, -0.1) is 0 Å². The maximum Gasteiger partial charge on any atom is 0.416 e. The molecule has 1 amide bonds. The van der Waals surface area contributed by atoms with Crippen LogP contribution in [0, 0.1) is 0 Å². The van der Waals surface area contributed by atoms with Crippen molar-refractivity contribution >= 4 is 17.4 Å². The fourth-order valence-corrected chi connectivity index (χ4v) is 4.49. The van der Waals surface area contributed by atoms with Crippen molar-refractivity contribution in [3.63, 3.8) is 0 Å². The predicted octanol–water partition coefficient (Wildman–Crippen LogP) is 5.25. The molecule has 0 spiro atoms. The molecule has 0 saturated heterocycles. The fourth-order valence-electron chi connectivity index (χ4n) is 4.49. The molecule has 0 radical (unpaired) electrons. The highest BCUT2D eigenvalue weighted by atomic mass is 19.4. The first kappa shape index (κ1) is 21.9. The number of allylic oxidation sites excluding steroid dienone is 2. The van der Waals surface area contributed by atoms with Crippen LogP contribution in [0.4, 0.5) is 18.9 Å². The molecule has 1 atom stereocenters. The molecule has 8 heteroatoms. The number of carbonyl (C=O) groups excluding carboxylic acids is 2. The topological polar surface area (TPSA) is 55.8 Å². The molecule has 168 valence electrons. The monoisotopic (exact) mass is 445 g/mol. The molecule has 1 heterocycles. The van der Waals surface area contributed by atoms with E-state index in [1.54, 1.807) is 18.2 Å². The number of hydrogen-bond acceptors (Lipinski definition) is 4. The smallest absolute Gasteiger partial charge is 0.416 e. The van der Waals surface area contributed by atoms with E-state index in [4.69, 9.17) is 9.47 Å². The van der Waals surface area contributed by atoms with Crippen LogP contribution in [0.5, 0.6) is 11.5 Å². The second-order valence-electron chi connectivity index (χ2n) is 7.78. The lowest BCUT2D eigenvalue weighted by atomic mass is 9.76. The lowest BCUT2D eigenvalue weighted by Crippen LogP contribution is -2.40. The van der Waals surface area contributed by atoms with E-state index in [-0.39, 0.29) is 23.8 Å². The number of amides is 1. The van der Waals surface area contributed by atoms with E-state index in [9.17, 15) is 22.8 Å². The van der Waals surface area contributed by atoms with Gasteiger partial charge in [0, 0.05) is 47.3 Å². The highest BCUT2D eigenvalue weighted by molar-refractivity contribution is 6.07. The van der Waals surface area contributed by atoms with Gasteiger partial charge in [-0.05, 0) is 37.1 Å². The van der Waals surface area contributed by atoms with Gasteiger partial charge in [0.15, 0.2) is 5.78 Å². The minimum Gasteiger partial charge on any atom is -0.497 e. The van der Waals surface area contributed by atoms with E-state index in [1.807, 2.05) is 0 Å². The first-order chi connectivity index (χ1) is 15.2. The number of Topliss-reactive ketones (excluding diaryl/α,β-unsaturated/α-hetero) is 1. The van der Waals surface area contributed by atoms with Crippen LogP contribution in [0.1, 0.15) is 42.7 Å². The van der Waals surface area contributed by atoms with Crippen LogP contribution in [0.2, 0.25) is 0 Å². The number of carbonyl (C=O) groups is 2. The number of rotatable bonds is 4. The molecule has 4 rings (SSSR count). The third-order valence-corrected chi connectivity index (χ3v) is 5.92. The second-order valence-corrected chi connectivity index (χ2v) is 7.78. The molecule has 2 aromatic carbocycles. The molecule has 1 aliphatic carbocycles. The summed E-state index contributed by atoms with van der Waals surface area (Å²) in [7, 11) is 3.02. The number of hydrogen-bond donors (Lipinski definition) is 0. The van der Waals surface area contributed by atoms with E-state index >= 15 is 0 Å². The Morgan fingerprint density at radius 3 is 2.47 bits per heavy atom. The van der Waals surface area contributed by atoms with Crippen LogP contribution in [-0.2, 0) is 15.8 Å². The van der Waals surface area contributed by atoms with Gasteiger partial charge in [0.2, 0.25) is 5.91 Å². The Morgan fingerprint density at radius 2 is 1.78 bits per heavy atom. The molecular weight excluding hydrogens is 423 g/mol. The number of ketones is 1. The summed E-state index contributed by atoms with van der Waals surface area (Å²) in [5.74, 6) is 0.0647. The Bertz CT molecular complexity index is 1110. The molecule has 2 aromatic rings. The summed E-state index contributed by atoms with van der Waals surface area (Å²) in [6.45, 7) is 0. The Hall–Kier alpha value is -3.29. The van der Waals surface area contributed by atoms with E-state index in [0.717, 1.165) is 12.1 Å². The maximum atomic E-state index is 13.3. The molecule has 0 fully saturated rings. The molecular formula is C24H22F3NO4. The largest absolute Gasteiger partial charge is 0.497 e. The Kier molecular flexibility index (Phi) is 5.71. The average Bonchev–Trinajstić information content (AvgIpc) is 2.77. The van der Waals surface area contributed by atoms with Crippen LogP contribution >= 0.6 is 0 Å². The average molecular weight is 445 g/mol. The first-order valence-electron chi connectivity index (χ1n) is 10.2. The maximum absolute atomic E-state index is 13.3. The number of ether oxygens (including phenoxy) is 2. The number of anilines is 1. The standard InChI is InChI=1S/C24H22F3NO4/c1-31-16-9-10-17(21(12-16)32-2)18-13-22(30)28(19-7-4-8-20(29)23(18)19)15-6-3-5-14(11-15)24(25,26)27/h3,5-6,9-12,18H,4,7-8,13H2,1-2H3. The molecule has 32 heavy (non-hydrogen) atoms. The number of methoxy groups -OCH3 is 2. The summed E-state index contributed by atoms with van der Waals surface area (Å²) >= 11 is 0. The Morgan fingerprint density at radius 1 is 1.00 bits per heavy atom. The van der Waals surface area contributed by atoms with E-state index < -0.39 is 17.7 Å². The van der Waals surface area contributed by atoms with Crippen molar-refractivity contribution in [2.24, 2.45) is 0 Å². The van der Waals surface area contributed by atoms with Crippen molar-refractivity contribution in [2.75, 3.05) is 19.1 Å². The van der Waals surface area contributed by atoms with Gasteiger partial charge in [-0.25, -0.2) is 0 Å². The van der Waals surface area contributed by atoms with Gasteiger partial charge in [-0.3, -0.25) is 14.5 Å². The minimum atomic E-state index is -4.53. The van der Waals surface area contributed by atoms with E-state index in [0.29, 0.717) is 47.6 Å². The molecule has 0 bridgehead atoms. The molecule has 1 aliphatic heterocycles. The van der Waals surface area contributed by atoms with Crippen molar-refractivity contribution in [2.45, 2.75) is 37.8 Å². The SMILES string of the molecule is COc1ccc(C2CC(=O)N(c3cccc(C(F)(F)F)c3)C3=C2C(=O)CCC3)c(OC)c1. The van der Waals surface area contributed by atoms with Crippen molar-refractivity contribution < 1.29 is 32.2 Å². The van der Waals surface area contributed by atoms with Gasteiger partial charge in [-0.2, -0.15) is 13.2 Å². The molecule has 2 aliphatic rings. The highest BCUT2D eigenvalue weighted by Gasteiger charge is 2.41. The van der Waals surface area contributed by atoms with Crippen LogP contribution in [0.15, 0.2) is 53.7 Å². The Labute approximate surface area is 183 Å². The van der Waals surface area contributed by atoms with E-state index in [1.165, 1.54) is 31.3 Å². The third kappa shape index (κ3) is 3.85. The normalized spacial score (nSPS) is 19.2. The summed E-state index contributed by atoms with van der Waals surface area (Å²) in [6.07, 6.45) is -3.29. The second kappa shape index (κ2) is 8.33. The summed E-state index contributed by atoms with van der Waals surface area (Å²) in [4.78, 5) is 27.5. The fraction of sp³-hybridized carbons (Fsp3) is 0.333. The van der Waals surface area contributed by atoms with Gasteiger partial charge >= 0.3 is 6.18 Å². The van der Waals surface area contributed by atoms with Crippen molar-refractivity contribution in [1.29, 1.82) is 0 Å². The summed E-state index contributed by atoms with van der Waals surface area (Å²) in [5.41, 5.74) is 0.891. The predicted molar refractivity (Wildman–Crippen MR) is 112 cm³/mol. The van der Waals surface area contributed by atoms with Crippen LogP contribution in [-0.4, -0.2) is 25.9 Å². The Balaban J connectivity index is 1.86. The van der Waals surface area contributed by atoms with Gasteiger partial charge in [0.1, 0.15) is 11.5 Å². The zero-order valence-electron chi connectivity index (χ0n) is 17.7. The summed E-state index contributed by atoms with van der Waals surface area (Å²) in [6, 6.07) is 9.84. The van der Waals surface area contributed by atoms with Gasteiger partial charge in [0.25, 0.3) is 0 Å². The zero-order valence-corrected chi connectivity index (χ0v) is 17.7. The number of nitrogens with zero attached hydrogens (tertiary/aromatic N) is 1. The van der Waals surface area contributed by atoms with Gasteiger partial charge in [0.05, 0.1) is 19.8 Å². The lowest BCUT2D eigenvalue weighted by Gasteiger charge is -2.38. The van der Waals surface area contributed by atoms with Gasteiger partial charge in [-0.1, -0.05) is 12.1 Å². The van der Waals surface area contributed by atoms with Gasteiger partial charge < -0.3 is 9.47 Å². The van der Waals surface area contributed by atoms with E-state index in [2.05, 4.69) is 0 Å². The lowest BCUT2D eigenvalue weighted by molar-refractivity contribution is -0.137. The van der Waals surface area contributed by atoms with Crippen LogP contribution in [0.3, 0.4) is 0 Å². The molecule has 0 aromatic heterocycles. The van der Waals surface area contributed by atoms with Crippen LogP contribution < -0.4 is 14.4 Å². The van der Waals surface area contributed by atoms with Crippen molar-refractivity contribution in [3.8, 4) is 11.5 Å². The quantitative estimate of drug-likeness (QED) is 0.645. The number of halogens is 3. The van der Waals surface area contributed by atoms with Crippen molar-refractivity contribution in [1.82, 2.24) is 0 Å². The first-order valence-corrected chi connectivity index (χ1v) is 10.2. The third-order valence-electron chi connectivity index (χ3n) is 5.92. The molecule has 5 nitrogen and oxygen atoms in total. The molecule has 0 N–H and O–H groups in total.